The highest BCUT2D eigenvalue weighted by atomic mass is 31.2. The van der Waals surface area contributed by atoms with Crippen molar-refractivity contribution in [2.75, 3.05) is 19.6 Å². The smallest absolute Gasteiger partial charge is 0.236 e. The lowest BCUT2D eigenvalue weighted by atomic mass is 10.1. The quantitative estimate of drug-likeness (QED) is 0.481. The molecule has 2 N–H and O–H groups in total. The molecule has 1 atom stereocenters. The van der Waals surface area contributed by atoms with Crippen LogP contribution in [0.25, 0.3) is 22.3 Å². The molecule has 27 heavy (non-hydrogen) atoms. The van der Waals surface area contributed by atoms with Crippen molar-refractivity contribution in [2.45, 2.75) is 6.92 Å². The zero-order valence-corrected chi connectivity index (χ0v) is 15.7. The Hall–Kier alpha value is -2.76. The highest BCUT2D eigenvalue weighted by Crippen LogP contribution is 2.43. The van der Waals surface area contributed by atoms with E-state index in [9.17, 15) is 19.6 Å². The van der Waals surface area contributed by atoms with Crippen LogP contribution in [0.3, 0.4) is 0 Å². The summed E-state index contributed by atoms with van der Waals surface area (Å²) in [7, 11) is -3.06. The molecule has 0 fully saturated rings. The van der Waals surface area contributed by atoms with Gasteiger partial charge in [-0.25, -0.2) is 0 Å². The molecule has 7 nitrogen and oxygen atoms in total. The lowest BCUT2D eigenvalue weighted by molar-refractivity contribution is 0.294. The maximum absolute atomic E-state index is 12.9. The van der Waals surface area contributed by atoms with E-state index in [1.165, 1.54) is 24.9 Å². The highest BCUT2D eigenvalue weighted by Gasteiger charge is 2.22. The third kappa shape index (κ3) is 3.99. The summed E-state index contributed by atoms with van der Waals surface area (Å²) in [6.45, 7) is 3.39. The van der Waals surface area contributed by atoms with Crippen molar-refractivity contribution in [3.63, 3.8) is 0 Å². The molecular formula is C19H19O7P. The van der Waals surface area contributed by atoms with Crippen molar-refractivity contribution in [2.24, 2.45) is 0 Å². The Morgan fingerprint density at radius 2 is 1.85 bits per heavy atom. The van der Waals surface area contributed by atoms with E-state index in [1.54, 1.807) is 31.2 Å². The Labute approximate surface area is 155 Å². The molecule has 1 unspecified atom stereocenters. The molecule has 0 amide bonds. The van der Waals surface area contributed by atoms with E-state index < -0.39 is 12.8 Å². The minimum absolute atomic E-state index is 0.0606. The van der Waals surface area contributed by atoms with Crippen LogP contribution in [0.1, 0.15) is 6.92 Å². The van der Waals surface area contributed by atoms with Crippen LogP contribution in [0.2, 0.25) is 0 Å². The Kier molecular flexibility index (Phi) is 5.26. The summed E-state index contributed by atoms with van der Waals surface area (Å²) >= 11 is 0. The topological polar surface area (TPSA) is 106 Å². The summed E-state index contributed by atoms with van der Waals surface area (Å²) in [6, 6.07) is 10.6. The van der Waals surface area contributed by atoms with E-state index in [4.69, 9.17) is 13.7 Å². The highest BCUT2D eigenvalue weighted by molar-refractivity contribution is 7.57. The van der Waals surface area contributed by atoms with Crippen LogP contribution in [0.4, 0.5) is 0 Å². The summed E-state index contributed by atoms with van der Waals surface area (Å²) in [6.07, 6.45) is -0.305. The van der Waals surface area contributed by atoms with Crippen molar-refractivity contribution in [1.82, 2.24) is 0 Å². The van der Waals surface area contributed by atoms with Gasteiger partial charge in [0.2, 0.25) is 18.5 Å². The second-order valence-corrected chi connectivity index (χ2v) is 8.54. The Bertz CT molecular complexity index is 1090. The van der Waals surface area contributed by atoms with Crippen molar-refractivity contribution in [3.8, 4) is 28.6 Å². The number of ether oxygens (including phenoxy) is 1. The predicted octanol–water partition coefficient (Wildman–Crippen LogP) is 4.15. The molecule has 142 valence electrons. The van der Waals surface area contributed by atoms with E-state index >= 15 is 0 Å². The summed E-state index contributed by atoms with van der Waals surface area (Å²) < 4.78 is 29.0. The predicted molar refractivity (Wildman–Crippen MR) is 102 cm³/mol. The van der Waals surface area contributed by atoms with E-state index in [0.29, 0.717) is 16.5 Å². The van der Waals surface area contributed by atoms with E-state index in [2.05, 4.69) is 0 Å². The van der Waals surface area contributed by atoms with Crippen molar-refractivity contribution < 1.29 is 28.5 Å². The Morgan fingerprint density at radius 3 is 2.56 bits per heavy atom. The fraction of sp³-hybridized carbons (Fsp3) is 0.211. The maximum atomic E-state index is 12.9. The van der Waals surface area contributed by atoms with Crippen LogP contribution in [-0.4, -0.2) is 29.8 Å². The number of phenols is 2. The van der Waals surface area contributed by atoms with Crippen molar-refractivity contribution >= 4 is 18.3 Å². The fourth-order valence-electron chi connectivity index (χ4n) is 2.60. The monoisotopic (exact) mass is 390 g/mol. The van der Waals surface area contributed by atoms with Crippen molar-refractivity contribution in [3.05, 3.63) is 52.7 Å². The molecule has 0 radical (unpaired) electrons. The number of benzene rings is 2. The summed E-state index contributed by atoms with van der Waals surface area (Å²) in [4.78, 5) is 12.9. The third-order valence-electron chi connectivity index (χ3n) is 3.84. The molecule has 0 saturated carbocycles. The van der Waals surface area contributed by atoms with Crippen LogP contribution >= 0.6 is 7.37 Å². The van der Waals surface area contributed by atoms with Gasteiger partial charge in [0, 0.05) is 12.2 Å². The lowest BCUT2D eigenvalue weighted by Crippen LogP contribution is -2.12. The normalized spacial score (nSPS) is 13.4. The van der Waals surface area contributed by atoms with Gasteiger partial charge in [-0.15, -0.1) is 0 Å². The number of aromatic hydroxyl groups is 2. The molecule has 3 rings (SSSR count). The third-order valence-corrected chi connectivity index (χ3v) is 5.24. The van der Waals surface area contributed by atoms with Crippen LogP contribution in [-0.2, 0) is 9.09 Å². The Balaban J connectivity index is 2.16. The summed E-state index contributed by atoms with van der Waals surface area (Å²) in [5, 5.41) is 19.6. The summed E-state index contributed by atoms with van der Waals surface area (Å²) in [5.74, 6) is -0.755. The van der Waals surface area contributed by atoms with E-state index in [1.807, 2.05) is 0 Å². The van der Waals surface area contributed by atoms with Gasteiger partial charge in [0.25, 0.3) is 0 Å². The number of para-hydroxylation sites is 1. The number of phenolic OH excluding ortho intramolecular Hbond substituents is 2. The van der Waals surface area contributed by atoms with Gasteiger partial charge in [-0.1, -0.05) is 12.1 Å². The SMILES string of the molecule is CCOP(C)(=O)COc1c(-c2ccc(O)c(O)c2)oc2ccccc2c1=O. The Morgan fingerprint density at radius 1 is 1.11 bits per heavy atom. The molecule has 0 spiro atoms. The molecular weight excluding hydrogens is 371 g/mol. The second-order valence-electron chi connectivity index (χ2n) is 5.99. The zero-order chi connectivity index (χ0) is 19.6. The number of hydrogen-bond donors (Lipinski definition) is 2. The molecule has 0 aliphatic heterocycles. The molecule has 1 aromatic heterocycles. The van der Waals surface area contributed by atoms with Gasteiger partial charge >= 0.3 is 0 Å². The van der Waals surface area contributed by atoms with E-state index in [-0.39, 0.29) is 36.0 Å². The first-order valence-electron chi connectivity index (χ1n) is 8.24. The average molecular weight is 390 g/mol. The first-order chi connectivity index (χ1) is 12.8. The van der Waals surface area contributed by atoms with Gasteiger partial charge in [-0.2, -0.15) is 0 Å². The van der Waals surface area contributed by atoms with E-state index in [0.717, 1.165) is 0 Å². The maximum Gasteiger partial charge on any atom is 0.236 e. The van der Waals surface area contributed by atoms with Gasteiger partial charge in [0.1, 0.15) is 5.58 Å². The van der Waals surface area contributed by atoms with Gasteiger partial charge in [-0.05, 0) is 37.3 Å². The molecule has 3 aromatic rings. The average Bonchev–Trinajstić information content (AvgIpc) is 2.63. The van der Waals surface area contributed by atoms with Crippen LogP contribution in [0, 0.1) is 0 Å². The second kappa shape index (κ2) is 7.47. The number of fused-ring (bicyclic) bond motifs is 1. The zero-order valence-electron chi connectivity index (χ0n) is 14.8. The first kappa shape index (κ1) is 19.0. The van der Waals surface area contributed by atoms with Crippen LogP contribution < -0.4 is 10.2 Å². The molecule has 8 heteroatoms. The molecule has 0 bridgehead atoms. The molecule has 0 saturated heterocycles. The lowest BCUT2D eigenvalue weighted by Gasteiger charge is -2.16. The van der Waals surface area contributed by atoms with Crippen LogP contribution in [0.15, 0.2) is 51.7 Å². The van der Waals surface area contributed by atoms with Crippen LogP contribution in [0.5, 0.6) is 17.2 Å². The minimum Gasteiger partial charge on any atom is -0.504 e. The standard InChI is InChI=1S/C19H19O7P/c1-3-25-27(2,23)11-24-19-17(22)13-6-4-5-7-16(13)26-18(19)12-8-9-14(20)15(21)10-12/h4-10,20-21H,3,11H2,1-2H3. The van der Waals surface area contributed by atoms with Gasteiger partial charge < -0.3 is 23.9 Å². The molecule has 2 aromatic carbocycles. The largest absolute Gasteiger partial charge is 0.504 e. The van der Waals surface area contributed by atoms with Gasteiger partial charge in [0.05, 0.1) is 12.0 Å². The number of hydrogen-bond acceptors (Lipinski definition) is 7. The first-order valence-corrected chi connectivity index (χ1v) is 10.5. The summed E-state index contributed by atoms with van der Waals surface area (Å²) in [5.41, 5.74) is 0.225. The molecule has 0 aliphatic carbocycles. The van der Waals surface area contributed by atoms with Gasteiger partial charge in [0.15, 0.2) is 23.6 Å². The minimum atomic E-state index is -3.06. The molecule has 1 heterocycles. The van der Waals surface area contributed by atoms with Gasteiger partial charge in [-0.3, -0.25) is 9.36 Å². The fourth-order valence-corrected chi connectivity index (χ4v) is 3.59. The van der Waals surface area contributed by atoms with Crippen molar-refractivity contribution in [1.29, 1.82) is 0 Å². The number of rotatable bonds is 6. The molecule has 0 aliphatic rings.